The van der Waals surface area contributed by atoms with E-state index in [0.29, 0.717) is 24.1 Å². The van der Waals surface area contributed by atoms with Crippen LogP contribution in [0.4, 0.5) is 5.82 Å². The van der Waals surface area contributed by atoms with E-state index in [-0.39, 0.29) is 0 Å². The summed E-state index contributed by atoms with van der Waals surface area (Å²) < 4.78 is 11.9. The minimum atomic E-state index is 0.603. The standard InChI is InChI=1S/C15H14BrClN2O2/c16-11-8-12(17)15(19-9-11)18-4-3-10-1-2-13-14(7-10)21-6-5-20-13/h1-2,7-9H,3-6H2,(H,18,19). The fourth-order valence-corrected chi connectivity index (χ4v) is 2.81. The summed E-state index contributed by atoms with van der Waals surface area (Å²) in [6, 6.07) is 7.84. The third kappa shape index (κ3) is 3.60. The van der Waals surface area contributed by atoms with Crippen molar-refractivity contribution in [3.05, 3.63) is 45.5 Å². The van der Waals surface area contributed by atoms with Crippen LogP contribution in [-0.4, -0.2) is 24.7 Å². The number of nitrogens with one attached hydrogen (secondary N) is 1. The molecule has 3 rings (SSSR count). The second kappa shape index (κ2) is 6.54. The number of anilines is 1. The normalized spacial score (nSPS) is 13.0. The lowest BCUT2D eigenvalue weighted by molar-refractivity contribution is 0.171. The Hall–Kier alpha value is -1.46. The first kappa shape index (κ1) is 14.5. The van der Waals surface area contributed by atoms with Gasteiger partial charge in [0.25, 0.3) is 0 Å². The molecule has 0 spiro atoms. The molecule has 0 saturated carbocycles. The van der Waals surface area contributed by atoms with E-state index in [1.165, 1.54) is 5.56 Å². The van der Waals surface area contributed by atoms with E-state index in [4.69, 9.17) is 21.1 Å². The van der Waals surface area contributed by atoms with Crippen molar-refractivity contribution in [3.63, 3.8) is 0 Å². The van der Waals surface area contributed by atoms with E-state index in [9.17, 15) is 0 Å². The summed E-state index contributed by atoms with van der Waals surface area (Å²) in [5.41, 5.74) is 1.18. The maximum Gasteiger partial charge on any atom is 0.161 e. The predicted octanol–water partition coefficient (Wildman–Crippen LogP) is 3.92. The SMILES string of the molecule is Clc1cc(Br)cnc1NCCc1ccc2c(c1)OCCO2. The van der Waals surface area contributed by atoms with Crippen LogP contribution in [0, 0.1) is 0 Å². The number of ether oxygens (including phenoxy) is 2. The quantitative estimate of drug-likeness (QED) is 0.887. The molecule has 2 heterocycles. The Morgan fingerprint density at radius 1 is 1.19 bits per heavy atom. The van der Waals surface area contributed by atoms with E-state index in [0.717, 1.165) is 28.9 Å². The van der Waals surface area contributed by atoms with Gasteiger partial charge in [-0.2, -0.15) is 0 Å². The van der Waals surface area contributed by atoms with Gasteiger partial charge in [-0.05, 0) is 46.1 Å². The van der Waals surface area contributed by atoms with Gasteiger partial charge in [-0.3, -0.25) is 0 Å². The van der Waals surface area contributed by atoms with E-state index in [1.54, 1.807) is 6.20 Å². The van der Waals surface area contributed by atoms with Gasteiger partial charge >= 0.3 is 0 Å². The van der Waals surface area contributed by atoms with Crippen molar-refractivity contribution in [2.24, 2.45) is 0 Å². The number of hydrogen-bond donors (Lipinski definition) is 1. The number of nitrogens with zero attached hydrogens (tertiary/aromatic N) is 1. The van der Waals surface area contributed by atoms with Crippen molar-refractivity contribution in [2.45, 2.75) is 6.42 Å². The predicted molar refractivity (Wildman–Crippen MR) is 86.6 cm³/mol. The highest BCUT2D eigenvalue weighted by Gasteiger charge is 2.11. The van der Waals surface area contributed by atoms with Gasteiger partial charge in [-0.15, -0.1) is 0 Å². The molecule has 1 aliphatic rings. The molecule has 0 saturated heterocycles. The molecule has 0 atom stereocenters. The van der Waals surface area contributed by atoms with Gasteiger partial charge in [0.2, 0.25) is 0 Å². The Balaban J connectivity index is 1.60. The maximum absolute atomic E-state index is 6.11. The zero-order valence-electron chi connectivity index (χ0n) is 11.2. The van der Waals surface area contributed by atoms with Crippen molar-refractivity contribution in [1.29, 1.82) is 0 Å². The molecule has 4 nitrogen and oxygen atoms in total. The summed E-state index contributed by atoms with van der Waals surface area (Å²) in [4.78, 5) is 4.24. The Kier molecular flexibility index (Phi) is 4.51. The summed E-state index contributed by atoms with van der Waals surface area (Å²) in [5, 5.41) is 3.84. The topological polar surface area (TPSA) is 43.4 Å². The van der Waals surface area contributed by atoms with Crippen molar-refractivity contribution in [3.8, 4) is 11.5 Å². The van der Waals surface area contributed by atoms with E-state index in [1.807, 2.05) is 24.3 Å². The smallest absolute Gasteiger partial charge is 0.161 e. The molecule has 1 aromatic carbocycles. The first-order valence-electron chi connectivity index (χ1n) is 6.66. The molecule has 0 fully saturated rings. The van der Waals surface area contributed by atoms with Crippen molar-refractivity contribution in [1.82, 2.24) is 4.98 Å². The van der Waals surface area contributed by atoms with Crippen molar-refractivity contribution >= 4 is 33.3 Å². The second-order valence-corrected chi connectivity index (χ2v) is 5.96. The Labute approximate surface area is 136 Å². The molecule has 1 aromatic heterocycles. The highest BCUT2D eigenvalue weighted by molar-refractivity contribution is 9.10. The van der Waals surface area contributed by atoms with Crippen LogP contribution < -0.4 is 14.8 Å². The molecule has 1 aliphatic heterocycles. The minimum absolute atomic E-state index is 0.603. The summed E-state index contributed by atoms with van der Waals surface area (Å²) in [7, 11) is 0. The summed E-state index contributed by atoms with van der Waals surface area (Å²) in [6.07, 6.45) is 2.57. The Morgan fingerprint density at radius 2 is 2.00 bits per heavy atom. The molecule has 2 aromatic rings. The van der Waals surface area contributed by atoms with Gasteiger partial charge in [0, 0.05) is 17.2 Å². The highest BCUT2D eigenvalue weighted by atomic mass is 79.9. The summed E-state index contributed by atoms with van der Waals surface area (Å²) in [6.45, 7) is 1.96. The number of hydrogen-bond acceptors (Lipinski definition) is 4. The van der Waals surface area contributed by atoms with Gasteiger partial charge in [0.15, 0.2) is 11.5 Å². The summed E-state index contributed by atoms with van der Waals surface area (Å²) >= 11 is 9.45. The Bertz CT molecular complexity index is 652. The van der Waals surface area contributed by atoms with Crippen LogP contribution in [-0.2, 0) is 6.42 Å². The summed E-state index contributed by atoms with van der Waals surface area (Å²) in [5.74, 6) is 2.33. The molecule has 0 radical (unpaired) electrons. The monoisotopic (exact) mass is 368 g/mol. The van der Waals surface area contributed by atoms with Crippen LogP contribution in [0.1, 0.15) is 5.56 Å². The molecule has 21 heavy (non-hydrogen) atoms. The molecule has 110 valence electrons. The first-order valence-corrected chi connectivity index (χ1v) is 7.83. The van der Waals surface area contributed by atoms with Crippen LogP contribution in [0.3, 0.4) is 0 Å². The highest BCUT2D eigenvalue weighted by Crippen LogP contribution is 2.31. The number of aromatic nitrogens is 1. The molecule has 0 aliphatic carbocycles. The van der Waals surface area contributed by atoms with Gasteiger partial charge in [-0.25, -0.2) is 4.98 Å². The lowest BCUT2D eigenvalue weighted by Gasteiger charge is -2.19. The number of rotatable bonds is 4. The molecule has 0 amide bonds. The van der Waals surface area contributed by atoms with Crippen LogP contribution >= 0.6 is 27.5 Å². The van der Waals surface area contributed by atoms with E-state index < -0.39 is 0 Å². The molecule has 6 heteroatoms. The van der Waals surface area contributed by atoms with Gasteiger partial charge in [0.05, 0.1) is 5.02 Å². The maximum atomic E-state index is 6.11. The average molecular weight is 370 g/mol. The zero-order chi connectivity index (χ0) is 14.7. The lowest BCUT2D eigenvalue weighted by atomic mass is 10.1. The number of pyridine rings is 1. The van der Waals surface area contributed by atoms with Crippen LogP contribution in [0.2, 0.25) is 5.02 Å². The molecule has 0 unspecified atom stereocenters. The number of benzene rings is 1. The molecular weight excluding hydrogens is 356 g/mol. The average Bonchev–Trinajstić information content (AvgIpc) is 2.49. The third-order valence-corrected chi connectivity index (χ3v) is 3.84. The first-order chi connectivity index (χ1) is 10.2. The largest absolute Gasteiger partial charge is 0.486 e. The zero-order valence-corrected chi connectivity index (χ0v) is 13.6. The molecule has 0 bridgehead atoms. The fourth-order valence-electron chi connectivity index (χ4n) is 2.11. The van der Waals surface area contributed by atoms with E-state index >= 15 is 0 Å². The second-order valence-electron chi connectivity index (χ2n) is 4.64. The number of halogens is 2. The van der Waals surface area contributed by atoms with Gasteiger partial charge < -0.3 is 14.8 Å². The van der Waals surface area contributed by atoms with Crippen LogP contribution in [0.25, 0.3) is 0 Å². The minimum Gasteiger partial charge on any atom is -0.486 e. The molecular formula is C15H14BrClN2O2. The van der Waals surface area contributed by atoms with Crippen LogP contribution in [0.15, 0.2) is 34.9 Å². The fraction of sp³-hybridized carbons (Fsp3) is 0.267. The Morgan fingerprint density at radius 3 is 2.81 bits per heavy atom. The van der Waals surface area contributed by atoms with Gasteiger partial charge in [-0.1, -0.05) is 17.7 Å². The third-order valence-electron chi connectivity index (χ3n) is 3.12. The van der Waals surface area contributed by atoms with Crippen molar-refractivity contribution < 1.29 is 9.47 Å². The lowest BCUT2D eigenvalue weighted by Crippen LogP contribution is -2.15. The number of fused-ring (bicyclic) bond motifs is 1. The van der Waals surface area contributed by atoms with E-state index in [2.05, 4.69) is 26.2 Å². The van der Waals surface area contributed by atoms with Crippen LogP contribution in [0.5, 0.6) is 11.5 Å². The van der Waals surface area contributed by atoms with Crippen molar-refractivity contribution in [2.75, 3.05) is 25.1 Å². The molecule has 1 N–H and O–H groups in total. The van der Waals surface area contributed by atoms with Gasteiger partial charge in [0.1, 0.15) is 19.0 Å².